The monoisotopic (exact) mass is 240 g/mol. The molecule has 0 bridgehead atoms. The van der Waals surface area contributed by atoms with Crippen LogP contribution in [0.5, 0.6) is 0 Å². The van der Waals surface area contributed by atoms with Crippen molar-refractivity contribution in [2.75, 3.05) is 5.75 Å². The number of carbonyl (C=O) groups is 1. The Labute approximate surface area is 96.4 Å². The quantitative estimate of drug-likeness (QED) is 0.791. The third kappa shape index (κ3) is 3.45. The van der Waals surface area contributed by atoms with Gasteiger partial charge in [-0.1, -0.05) is 32.0 Å². The van der Waals surface area contributed by atoms with Gasteiger partial charge in [0, 0.05) is 12.3 Å². The zero-order valence-electron chi connectivity index (χ0n) is 9.51. The number of hydrogen-bond donors (Lipinski definition) is 0. The Bertz CT molecular complexity index is 446. The Kier molecular flexibility index (Phi) is 4.24. The van der Waals surface area contributed by atoms with E-state index in [1.54, 1.807) is 44.2 Å². The minimum atomic E-state index is -3.31. The van der Waals surface area contributed by atoms with Gasteiger partial charge in [-0.05, 0) is 12.1 Å². The van der Waals surface area contributed by atoms with Gasteiger partial charge in [-0.2, -0.15) is 0 Å². The second-order valence-corrected chi connectivity index (χ2v) is 6.11. The molecule has 3 nitrogen and oxygen atoms in total. The molecule has 0 aromatic heterocycles. The fraction of sp³-hybridized carbons (Fsp3) is 0.417. The normalized spacial score (nSPS) is 11.7. The number of benzene rings is 1. The first-order valence-corrected chi connectivity index (χ1v) is 6.89. The second kappa shape index (κ2) is 5.25. The van der Waals surface area contributed by atoms with Crippen molar-refractivity contribution in [3.63, 3.8) is 0 Å². The summed E-state index contributed by atoms with van der Waals surface area (Å²) < 4.78 is 23.6. The molecular weight excluding hydrogens is 224 g/mol. The minimum absolute atomic E-state index is 0.0143. The fourth-order valence-corrected chi connectivity index (χ4v) is 2.55. The average molecular weight is 240 g/mol. The molecular formula is C12H16O3S. The average Bonchev–Trinajstić information content (AvgIpc) is 2.27. The molecule has 0 fully saturated rings. The van der Waals surface area contributed by atoms with Crippen LogP contribution in [0.3, 0.4) is 0 Å². The molecule has 0 saturated heterocycles. The first-order chi connectivity index (χ1) is 7.43. The van der Waals surface area contributed by atoms with Crippen molar-refractivity contribution in [1.82, 2.24) is 0 Å². The van der Waals surface area contributed by atoms with E-state index in [0.717, 1.165) is 0 Å². The van der Waals surface area contributed by atoms with Gasteiger partial charge in [-0.15, -0.1) is 0 Å². The molecule has 0 atom stereocenters. The fourth-order valence-electron chi connectivity index (χ4n) is 1.27. The molecule has 0 amide bonds. The van der Waals surface area contributed by atoms with Crippen LogP contribution in [0.15, 0.2) is 35.2 Å². The van der Waals surface area contributed by atoms with E-state index >= 15 is 0 Å². The Hall–Kier alpha value is -1.16. The zero-order chi connectivity index (χ0) is 12.2. The molecule has 0 heterocycles. The maximum atomic E-state index is 11.8. The van der Waals surface area contributed by atoms with E-state index in [4.69, 9.17) is 0 Å². The Morgan fingerprint density at radius 1 is 1.19 bits per heavy atom. The summed E-state index contributed by atoms with van der Waals surface area (Å²) in [5, 5.41) is 0. The van der Waals surface area contributed by atoms with Crippen LogP contribution >= 0.6 is 0 Å². The van der Waals surface area contributed by atoms with E-state index in [-0.39, 0.29) is 28.8 Å². The minimum Gasteiger partial charge on any atom is -0.299 e. The summed E-state index contributed by atoms with van der Waals surface area (Å²) in [5.74, 6) is -0.223. The lowest BCUT2D eigenvalue weighted by molar-refractivity contribution is -0.121. The molecule has 16 heavy (non-hydrogen) atoms. The molecule has 1 rings (SSSR count). The Morgan fingerprint density at radius 2 is 1.75 bits per heavy atom. The molecule has 1 aromatic carbocycles. The van der Waals surface area contributed by atoms with Crippen LogP contribution in [0.4, 0.5) is 0 Å². The lowest BCUT2D eigenvalue weighted by Crippen LogP contribution is -2.14. The smallest absolute Gasteiger partial charge is 0.178 e. The summed E-state index contributed by atoms with van der Waals surface area (Å²) in [4.78, 5) is 11.6. The van der Waals surface area contributed by atoms with Gasteiger partial charge in [-0.3, -0.25) is 4.79 Å². The van der Waals surface area contributed by atoms with Crippen LogP contribution in [-0.2, 0) is 14.6 Å². The van der Waals surface area contributed by atoms with Crippen LogP contribution < -0.4 is 0 Å². The number of Topliss-reactive ketones (excluding diaryl/α,β-unsaturated/α-hetero) is 1. The van der Waals surface area contributed by atoms with Crippen molar-refractivity contribution in [3.8, 4) is 0 Å². The molecule has 0 spiro atoms. The maximum absolute atomic E-state index is 11.8. The Balaban J connectivity index is 2.71. The third-order valence-electron chi connectivity index (χ3n) is 2.36. The summed E-state index contributed by atoms with van der Waals surface area (Å²) in [6.07, 6.45) is 0.0922. The highest BCUT2D eigenvalue weighted by Gasteiger charge is 2.17. The summed E-state index contributed by atoms with van der Waals surface area (Å²) >= 11 is 0. The van der Waals surface area contributed by atoms with Crippen molar-refractivity contribution in [3.05, 3.63) is 30.3 Å². The molecule has 0 aliphatic carbocycles. The van der Waals surface area contributed by atoms with E-state index in [1.165, 1.54) is 0 Å². The summed E-state index contributed by atoms with van der Waals surface area (Å²) in [7, 11) is -3.31. The van der Waals surface area contributed by atoms with Crippen LogP contribution in [0.25, 0.3) is 0 Å². The first kappa shape index (κ1) is 12.9. The molecule has 88 valence electrons. The number of ketones is 1. The van der Waals surface area contributed by atoms with Crippen molar-refractivity contribution >= 4 is 15.6 Å². The zero-order valence-corrected chi connectivity index (χ0v) is 10.3. The molecule has 0 unspecified atom stereocenters. The standard InChI is InChI=1S/C12H16O3S/c1-10(2)12(13)8-9-16(14,15)11-6-4-3-5-7-11/h3-7,10H,8-9H2,1-2H3. The summed E-state index contributed by atoms with van der Waals surface area (Å²) in [6, 6.07) is 8.22. The molecule has 1 aromatic rings. The molecule has 4 heteroatoms. The van der Waals surface area contributed by atoms with Gasteiger partial charge in [0.2, 0.25) is 0 Å². The molecule has 0 saturated carbocycles. The number of hydrogen-bond acceptors (Lipinski definition) is 3. The largest absolute Gasteiger partial charge is 0.299 e. The molecule has 0 aliphatic heterocycles. The summed E-state index contributed by atoms with van der Waals surface area (Å²) in [6.45, 7) is 3.55. The van der Waals surface area contributed by atoms with Crippen molar-refractivity contribution < 1.29 is 13.2 Å². The van der Waals surface area contributed by atoms with Crippen LogP contribution in [0.1, 0.15) is 20.3 Å². The molecule has 0 N–H and O–H groups in total. The van der Waals surface area contributed by atoms with Gasteiger partial charge in [0.25, 0.3) is 0 Å². The predicted octanol–water partition coefficient (Wildman–Crippen LogP) is 2.08. The molecule has 0 radical (unpaired) electrons. The first-order valence-electron chi connectivity index (χ1n) is 5.24. The Morgan fingerprint density at radius 3 is 2.25 bits per heavy atom. The van der Waals surface area contributed by atoms with Crippen molar-refractivity contribution in [2.24, 2.45) is 5.92 Å². The lowest BCUT2D eigenvalue weighted by atomic mass is 10.1. The number of carbonyl (C=O) groups excluding carboxylic acids is 1. The van der Waals surface area contributed by atoms with Crippen molar-refractivity contribution in [1.29, 1.82) is 0 Å². The third-order valence-corrected chi connectivity index (χ3v) is 4.10. The molecule has 0 aliphatic rings. The van der Waals surface area contributed by atoms with Crippen LogP contribution in [0, 0.1) is 5.92 Å². The lowest BCUT2D eigenvalue weighted by Gasteiger charge is -2.05. The maximum Gasteiger partial charge on any atom is 0.178 e. The highest BCUT2D eigenvalue weighted by atomic mass is 32.2. The second-order valence-electron chi connectivity index (χ2n) is 4.00. The van der Waals surface area contributed by atoms with Gasteiger partial charge in [0.05, 0.1) is 10.6 Å². The van der Waals surface area contributed by atoms with Crippen LogP contribution in [0.2, 0.25) is 0 Å². The van der Waals surface area contributed by atoms with Crippen molar-refractivity contribution in [2.45, 2.75) is 25.2 Å². The van der Waals surface area contributed by atoms with Crippen LogP contribution in [-0.4, -0.2) is 20.0 Å². The van der Waals surface area contributed by atoms with Gasteiger partial charge >= 0.3 is 0 Å². The van der Waals surface area contributed by atoms with E-state index in [1.807, 2.05) is 0 Å². The number of sulfone groups is 1. The summed E-state index contributed by atoms with van der Waals surface area (Å²) in [5.41, 5.74) is 0. The SMILES string of the molecule is CC(C)C(=O)CCS(=O)(=O)c1ccccc1. The van der Waals surface area contributed by atoms with Gasteiger partial charge in [0.15, 0.2) is 9.84 Å². The van der Waals surface area contributed by atoms with Gasteiger partial charge in [-0.25, -0.2) is 8.42 Å². The highest BCUT2D eigenvalue weighted by molar-refractivity contribution is 7.91. The number of rotatable bonds is 5. The topological polar surface area (TPSA) is 51.2 Å². The predicted molar refractivity (Wildman–Crippen MR) is 63.0 cm³/mol. The van der Waals surface area contributed by atoms with Gasteiger partial charge in [0.1, 0.15) is 5.78 Å². The van der Waals surface area contributed by atoms with E-state index in [2.05, 4.69) is 0 Å². The van der Waals surface area contributed by atoms with E-state index < -0.39 is 9.84 Å². The highest BCUT2D eigenvalue weighted by Crippen LogP contribution is 2.12. The van der Waals surface area contributed by atoms with E-state index in [9.17, 15) is 13.2 Å². The van der Waals surface area contributed by atoms with Gasteiger partial charge < -0.3 is 0 Å². The van der Waals surface area contributed by atoms with E-state index in [0.29, 0.717) is 0 Å².